The van der Waals surface area contributed by atoms with Crippen molar-refractivity contribution in [3.05, 3.63) is 17.3 Å². The Bertz CT molecular complexity index is 517. The Morgan fingerprint density at radius 3 is 3.00 bits per heavy atom. The first-order chi connectivity index (χ1) is 6.59. The van der Waals surface area contributed by atoms with Crippen LogP contribution in [0.2, 0.25) is 0 Å². The van der Waals surface area contributed by atoms with Gasteiger partial charge in [-0.1, -0.05) is 0 Å². The third-order valence-electron chi connectivity index (χ3n) is 1.91. The Morgan fingerprint density at radius 2 is 2.36 bits per heavy atom. The summed E-state index contributed by atoms with van der Waals surface area (Å²) in [5.74, 6) is -0.807. The van der Waals surface area contributed by atoms with Crippen LogP contribution in [0.5, 0.6) is 0 Å². The number of carboxylic acid groups (broad SMARTS) is 1. The van der Waals surface area contributed by atoms with Gasteiger partial charge in [-0.3, -0.25) is 5.10 Å². The number of anilines is 1. The zero-order valence-corrected chi connectivity index (χ0v) is 7.40. The van der Waals surface area contributed by atoms with Crippen LogP contribution in [0, 0.1) is 6.92 Å². The number of H-pyrrole nitrogens is 1. The highest BCUT2D eigenvalue weighted by Gasteiger charge is 2.15. The van der Waals surface area contributed by atoms with Crippen molar-refractivity contribution >= 4 is 22.8 Å². The lowest BCUT2D eigenvalue weighted by Gasteiger charge is -1.98. The average Bonchev–Trinajstić information content (AvgIpc) is 2.46. The minimum Gasteiger partial charge on any atom is -0.478 e. The standard InChI is InChI=1S/C8H8N4O2/c1-3-2-4(8(13)14)5-6(9)11-12-7(5)10-3/h2H,1H3,(H,13,14)(H3,9,10,11,12). The van der Waals surface area contributed by atoms with Gasteiger partial charge in [-0.05, 0) is 13.0 Å². The van der Waals surface area contributed by atoms with E-state index in [0.29, 0.717) is 16.7 Å². The van der Waals surface area contributed by atoms with Gasteiger partial charge in [0.25, 0.3) is 0 Å². The maximum Gasteiger partial charge on any atom is 0.336 e. The van der Waals surface area contributed by atoms with Gasteiger partial charge < -0.3 is 10.8 Å². The molecule has 0 bridgehead atoms. The Kier molecular flexibility index (Phi) is 1.63. The number of hydrogen-bond acceptors (Lipinski definition) is 4. The van der Waals surface area contributed by atoms with Crippen molar-refractivity contribution in [2.45, 2.75) is 6.92 Å². The van der Waals surface area contributed by atoms with E-state index in [1.807, 2.05) is 0 Å². The minimum atomic E-state index is -1.03. The van der Waals surface area contributed by atoms with Crippen LogP contribution < -0.4 is 5.73 Å². The number of aromatic nitrogens is 3. The van der Waals surface area contributed by atoms with E-state index < -0.39 is 5.97 Å². The molecule has 6 heteroatoms. The van der Waals surface area contributed by atoms with Gasteiger partial charge >= 0.3 is 5.97 Å². The van der Waals surface area contributed by atoms with Crippen LogP contribution in [0.25, 0.3) is 11.0 Å². The van der Waals surface area contributed by atoms with Crippen molar-refractivity contribution in [3.8, 4) is 0 Å². The van der Waals surface area contributed by atoms with E-state index in [-0.39, 0.29) is 11.4 Å². The fourth-order valence-corrected chi connectivity index (χ4v) is 1.34. The van der Waals surface area contributed by atoms with E-state index >= 15 is 0 Å². The third kappa shape index (κ3) is 1.08. The number of hydrogen-bond donors (Lipinski definition) is 3. The topological polar surface area (TPSA) is 105 Å². The molecule has 0 amide bonds. The van der Waals surface area contributed by atoms with Crippen LogP contribution in [-0.4, -0.2) is 26.3 Å². The van der Waals surface area contributed by atoms with Gasteiger partial charge in [0.15, 0.2) is 5.65 Å². The number of nitrogens with one attached hydrogen (secondary N) is 1. The van der Waals surface area contributed by atoms with Gasteiger partial charge in [0.2, 0.25) is 0 Å². The van der Waals surface area contributed by atoms with Crippen LogP contribution in [0.3, 0.4) is 0 Å². The molecule has 0 unspecified atom stereocenters. The summed E-state index contributed by atoms with van der Waals surface area (Å²) in [6.45, 7) is 1.71. The normalized spacial score (nSPS) is 10.6. The molecule has 0 saturated heterocycles. The number of pyridine rings is 1. The Labute approximate surface area is 78.8 Å². The molecule has 0 saturated carbocycles. The first-order valence-corrected chi connectivity index (χ1v) is 3.94. The van der Waals surface area contributed by atoms with E-state index in [2.05, 4.69) is 15.2 Å². The zero-order valence-electron chi connectivity index (χ0n) is 7.40. The fraction of sp³-hybridized carbons (Fsp3) is 0.125. The molecule has 0 atom stereocenters. The van der Waals surface area contributed by atoms with Gasteiger partial charge in [-0.15, -0.1) is 0 Å². The Morgan fingerprint density at radius 1 is 1.64 bits per heavy atom. The van der Waals surface area contributed by atoms with Crippen LogP contribution in [0.4, 0.5) is 5.82 Å². The van der Waals surface area contributed by atoms with Crippen molar-refractivity contribution in [1.82, 2.24) is 15.2 Å². The number of nitrogens with zero attached hydrogens (tertiary/aromatic N) is 2. The molecule has 14 heavy (non-hydrogen) atoms. The highest BCUT2D eigenvalue weighted by Crippen LogP contribution is 2.21. The molecule has 0 radical (unpaired) electrons. The predicted molar refractivity (Wildman–Crippen MR) is 50.0 cm³/mol. The van der Waals surface area contributed by atoms with Crippen molar-refractivity contribution < 1.29 is 9.90 Å². The number of rotatable bonds is 1. The summed E-state index contributed by atoms with van der Waals surface area (Å²) in [5.41, 5.74) is 6.60. The molecule has 0 spiro atoms. The van der Waals surface area contributed by atoms with E-state index in [0.717, 1.165) is 0 Å². The number of aryl methyl sites for hydroxylation is 1. The van der Waals surface area contributed by atoms with Gasteiger partial charge in [0.1, 0.15) is 5.82 Å². The second-order valence-electron chi connectivity index (χ2n) is 2.95. The van der Waals surface area contributed by atoms with Crippen molar-refractivity contribution in [2.75, 3.05) is 5.73 Å². The molecule has 0 aliphatic heterocycles. The molecular weight excluding hydrogens is 184 g/mol. The van der Waals surface area contributed by atoms with Crippen molar-refractivity contribution in [2.24, 2.45) is 0 Å². The summed E-state index contributed by atoms with van der Waals surface area (Å²) in [6, 6.07) is 1.47. The summed E-state index contributed by atoms with van der Waals surface area (Å²) in [6.07, 6.45) is 0. The maximum absolute atomic E-state index is 10.9. The van der Waals surface area contributed by atoms with Crippen LogP contribution >= 0.6 is 0 Å². The highest BCUT2D eigenvalue weighted by atomic mass is 16.4. The second-order valence-corrected chi connectivity index (χ2v) is 2.95. The third-order valence-corrected chi connectivity index (χ3v) is 1.91. The molecule has 2 aromatic heterocycles. The summed E-state index contributed by atoms with van der Waals surface area (Å²) in [7, 11) is 0. The van der Waals surface area contributed by atoms with Crippen LogP contribution in [-0.2, 0) is 0 Å². The lowest BCUT2D eigenvalue weighted by atomic mass is 10.1. The summed E-state index contributed by atoms with van der Waals surface area (Å²) >= 11 is 0. The highest BCUT2D eigenvalue weighted by molar-refractivity contribution is 6.05. The van der Waals surface area contributed by atoms with Crippen molar-refractivity contribution in [3.63, 3.8) is 0 Å². The molecule has 4 N–H and O–H groups in total. The molecule has 0 aliphatic carbocycles. The molecule has 0 aromatic carbocycles. The second kappa shape index (κ2) is 2.69. The molecular formula is C8H8N4O2. The number of carbonyl (C=O) groups is 1. The smallest absolute Gasteiger partial charge is 0.336 e. The first-order valence-electron chi connectivity index (χ1n) is 3.94. The maximum atomic E-state index is 10.9. The number of aromatic amines is 1. The van der Waals surface area contributed by atoms with E-state index in [4.69, 9.17) is 10.8 Å². The van der Waals surface area contributed by atoms with E-state index in [1.54, 1.807) is 6.92 Å². The Hall–Kier alpha value is -2.11. The fourth-order valence-electron chi connectivity index (χ4n) is 1.34. The zero-order chi connectivity index (χ0) is 10.3. The molecule has 2 aromatic rings. The van der Waals surface area contributed by atoms with Crippen LogP contribution in [0.1, 0.15) is 16.1 Å². The minimum absolute atomic E-state index is 0.124. The van der Waals surface area contributed by atoms with Crippen LogP contribution in [0.15, 0.2) is 6.07 Å². The first kappa shape index (κ1) is 8.49. The number of fused-ring (bicyclic) bond motifs is 1. The lowest BCUT2D eigenvalue weighted by Crippen LogP contribution is -2.00. The monoisotopic (exact) mass is 192 g/mol. The molecule has 2 heterocycles. The number of carboxylic acids is 1. The van der Waals surface area contributed by atoms with Gasteiger partial charge in [0.05, 0.1) is 10.9 Å². The van der Waals surface area contributed by atoms with Gasteiger partial charge in [0, 0.05) is 5.69 Å². The molecule has 2 rings (SSSR count). The number of nitrogens with two attached hydrogens (primary N) is 1. The lowest BCUT2D eigenvalue weighted by molar-refractivity contribution is 0.0699. The number of nitrogen functional groups attached to an aromatic ring is 1. The average molecular weight is 192 g/mol. The molecule has 0 fully saturated rings. The SMILES string of the molecule is Cc1cc(C(=O)O)c2c(N)[nH]nc2n1. The largest absolute Gasteiger partial charge is 0.478 e. The van der Waals surface area contributed by atoms with Gasteiger partial charge in [-0.2, -0.15) is 5.10 Å². The molecule has 6 nitrogen and oxygen atoms in total. The quantitative estimate of drug-likeness (QED) is 0.611. The predicted octanol–water partition coefficient (Wildman–Crippen LogP) is 0.547. The summed E-state index contributed by atoms with van der Waals surface area (Å²) < 4.78 is 0. The summed E-state index contributed by atoms with van der Waals surface area (Å²) in [5, 5.41) is 15.6. The van der Waals surface area contributed by atoms with Crippen molar-refractivity contribution in [1.29, 1.82) is 0 Å². The molecule has 0 aliphatic rings. The van der Waals surface area contributed by atoms with Gasteiger partial charge in [-0.25, -0.2) is 9.78 Å². The van der Waals surface area contributed by atoms with E-state index in [9.17, 15) is 4.79 Å². The van der Waals surface area contributed by atoms with E-state index in [1.165, 1.54) is 6.07 Å². The Balaban J connectivity index is 2.90. The number of aromatic carboxylic acids is 1. The summed E-state index contributed by atoms with van der Waals surface area (Å²) in [4.78, 5) is 14.9. The molecule has 72 valence electrons.